The van der Waals surface area contributed by atoms with E-state index in [-0.39, 0.29) is 30.5 Å². The van der Waals surface area contributed by atoms with Crippen molar-refractivity contribution in [3.8, 4) is 0 Å². The number of fused-ring (bicyclic) bond motifs is 1. The molecule has 1 amide bonds. The van der Waals surface area contributed by atoms with Gasteiger partial charge in [0.15, 0.2) is 0 Å². The number of benzene rings is 1. The molecule has 0 aromatic heterocycles. The minimum atomic E-state index is -0.620. The van der Waals surface area contributed by atoms with Crippen LogP contribution in [0.5, 0.6) is 0 Å². The van der Waals surface area contributed by atoms with Gasteiger partial charge in [0.05, 0.1) is 19.3 Å². The van der Waals surface area contributed by atoms with Gasteiger partial charge in [-0.1, -0.05) is 140 Å². The van der Waals surface area contributed by atoms with Crippen LogP contribution in [0.2, 0.25) is 0 Å². The summed E-state index contributed by atoms with van der Waals surface area (Å²) in [7, 11) is 0. The van der Waals surface area contributed by atoms with Crippen LogP contribution in [0.25, 0.3) is 0 Å². The highest BCUT2D eigenvalue weighted by molar-refractivity contribution is 5.89. The van der Waals surface area contributed by atoms with Crippen LogP contribution < -0.4 is 5.32 Å². The highest BCUT2D eigenvalue weighted by Gasteiger charge is 2.50. The number of carbonyl (C=O) groups excluding carboxylic acids is 3. The maximum absolute atomic E-state index is 13.9. The molecule has 7 nitrogen and oxygen atoms in total. The Morgan fingerprint density at radius 3 is 1.96 bits per heavy atom. The number of hydrogen-bond acceptors (Lipinski definition) is 6. The number of ether oxygens (including phenoxy) is 2. The van der Waals surface area contributed by atoms with Crippen molar-refractivity contribution in [3.63, 3.8) is 0 Å². The first kappa shape index (κ1) is 40.0. The molecule has 7 heteroatoms. The zero-order chi connectivity index (χ0) is 34.4. The highest BCUT2D eigenvalue weighted by Crippen LogP contribution is 2.42. The molecule has 0 radical (unpaired) electrons. The van der Waals surface area contributed by atoms with Crippen LogP contribution in [0.4, 0.5) is 0 Å². The number of aryl methyl sites for hydroxylation is 1. The Balaban J connectivity index is 1.35. The summed E-state index contributed by atoms with van der Waals surface area (Å²) in [6.07, 6.45) is 25.9. The molecule has 1 heterocycles. The van der Waals surface area contributed by atoms with Gasteiger partial charge in [-0.25, -0.2) is 4.79 Å². The van der Waals surface area contributed by atoms with Crippen molar-refractivity contribution in [1.29, 1.82) is 0 Å². The van der Waals surface area contributed by atoms with Crippen molar-refractivity contribution in [3.05, 3.63) is 35.9 Å². The minimum Gasteiger partial charge on any atom is -0.465 e. The standard InChI is InChI=1S/C41H68N2O5/c1-4-6-7-8-9-10-11-12-13-14-15-16-17-18-19-23-31-48-41(46)38-32-35-27-24-28-37(35)43(38)39(44)33(3)42-36(40(45)47-5-2)30-29-34-25-21-20-22-26-34/h20-22,25-26,33,35-38,42H,4-19,23-24,27-32H2,1-3H3/t33-,35-,36-,37-,38-/m0/s1. The molecule has 272 valence electrons. The van der Waals surface area contributed by atoms with Gasteiger partial charge in [0.2, 0.25) is 5.91 Å². The quantitative estimate of drug-likeness (QED) is 0.0783. The second-order valence-corrected chi connectivity index (χ2v) is 14.4. The molecular formula is C41H68N2O5. The summed E-state index contributed by atoms with van der Waals surface area (Å²) in [5.41, 5.74) is 1.13. The van der Waals surface area contributed by atoms with Gasteiger partial charge in [0.1, 0.15) is 12.1 Å². The first-order chi connectivity index (χ1) is 23.5. The Bertz CT molecular complexity index is 1030. The van der Waals surface area contributed by atoms with E-state index < -0.39 is 18.1 Å². The Hall–Kier alpha value is -2.41. The molecule has 2 aliphatic rings. The second-order valence-electron chi connectivity index (χ2n) is 14.4. The number of hydrogen-bond donors (Lipinski definition) is 1. The van der Waals surface area contributed by atoms with Crippen molar-refractivity contribution < 1.29 is 23.9 Å². The Morgan fingerprint density at radius 2 is 1.38 bits per heavy atom. The lowest BCUT2D eigenvalue weighted by molar-refractivity contribution is -0.156. The molecule has 1 saturated heterocycles. The smallest absolute Gasteiger partial charge is 0.328 e. The van der Waals surface area contributed by atoms with Crippen molar-refractivity contribution in [2.75, 3.05) is 13.2 Å². The number of rotatable bonds is 26. The van der Waals surface area contributed by atoms with E-state index in [1.165, 1.54) is 89.9 Å². The molecular weight excluding hydrogens is 600 g/mol. The largest absolute Gasteiger partial charge is 0.465 e. The van der Waals surface area contributed by atoms with E-state index in [1.807, 2.05) is 35.2 Å². The maximum atomic E-state index is 13.9. The number of unbranched alkanes of at least 4 members (excludes halogenated alkanes) is 15. The zero-order valence-corrected chi connectivity index (χ0v) is 30.7. The molecule has 48 heavy (non-hydrogen) atoms. The normalized spacial score (nSPS) is 20.0. The van der Waals surface area contributed by atoms with Gasteiger partial charge in [-0.05, 0) is 63.9 Å². The van der Waals surface area contributed by atoms with Gasteiger partial charge < -0.3 is 14.4 Å². The summed E-state index contributed by atoms with van der Waals surface area (Å²) in [6.45, 7) is 6.58. The van der Waals surface area contributed by atoms with Crippen LogP contribution in [0, 0.1) is 5.92 Å². The number of amides is 1. The molecule has 1 aliphatic heterocycles. The zero-order valence-electron chi connectivity index (χ0n) is 30.7. The van der Waals surface area contributed by atoms with Crippen LogP contribution in [0.1, 0.15) is 161 Å². The topological polar surface area (TPSA) is 84.9 Å². The van der Waals surface area contributed by atoms with Crippen molar-refractivity contribution in [2.24, 2.45) is 5.92 Å². The lowest BCUT2D eigenvalue weighted by Gasteiger charge is -2.32. The van der Waals surface area contributed by atoms with Crippen LogP contribution >= 0.6 is 0 Å². The third-order valence-electron chi connectivity index (χ3n) is 10.6. The number of nitrogens with zero attached hydrogens (tertiary/aromatic N) is 1. The molecule has 3 rings (SSSR count). The van der Waals surface area contributed by atoms with E-state index >= 15 is 0 Å². The fourth-order valence-corrected chi connectivity index (χ4v) is 7.80. The van der Waals surface area contributed by atoms with Crippen molar-refractivity contribution in [2.45, 2.75) is 186 Å². The molecule has 0 unspecified atom stereocenters. The van der Waals surface area contributed by atoms with Crippen LogP contribution in [-0.4, -0.2) is 60.1 Å². The minimum absolute atomic E-state index is 0.0696. The van der Waals surface area contributed by atoms with Gasteiger partial charge in [-0.3, -0.25) is 14.9 Å². The second kappa shape index (κ2) is 23.9. The number of carbonyl (C=O) groups is 3. The molecule has 1 N–H and O–H groups in total. The number of esters is 2. The average Bonchev–Trinajstić information content (AvgIpc) is 3.70. The Labute approximate surface area is 292 Å². The lowest BCUT2D eigenvalue weighted by Crippen LogP contribution is -2.55. The van der Waals surface area contributed by atoms with E-state index in [1.54, 1.807) is 13.8 Å². The van der Waals surface area contributed by atoms with E-state index in [0.29, 0.717) is 31.8 Å². The third-order valence-corrected chi connectivity index (χ3v) is 10.6. The summed E-state index contributed by atoms with van der Waals surface area (Å²) in [4.78, 5) is 41.9. The molecule has 1 aliphatic carbocycles. The maximum Gasteiger partial charge on any atom is 0.328 e. The van der Waals surface area contributed by atoms with Crippen LogP contribution in [0.3, 0.4) is 0 Å². The van der Waals surface area contributed by atoms with E-state index in [4.69, 9.17) is 9.47 Å². The summed E-state index contributed by atoms with van der Waals surface area (Å²) in [5.74, 6) is -0.393. The third kappa shape index (κ3) is 14.2. The lowest BCUT2D eigenvalue weighted by atomic mass is 10.0. The molecule has 0 spiro atoms. The van der Waals surface area contributed by atoms with Gasteiger partial charge in [0, 0.05) is 6.04 Å². The van der Waals surface area contributed by atoms with Crippen molar-refractivity contribution >= 4 is 17.8 Å². The van der Waals surface area contributed by atoms with Crippen molar-refractivity contribution in [1.82, 2.24) is 10.2 Å². The first-order valence-corrected chi connectivity index (χ1v) is 19.9. The average molecular weight is 669 g/mol. The first-order valence-electron chi connectivity index (χ1n) is 19.9. The molecule has 5 atom stereocenters. The molecule has 1 aromatic rings. The van der Waals surface area contributed by atoms with E-state index in [9.17, 15) is 14.4 Å². The van der Waals surface area contributed by atoms with E-state index in [0.717, 1.165) is 37.7 Å². The molecule has 1 aromatic carbocycles. The predicted molar refractivity (Wildman–Crippen MR) is 195 cm³/mol. The Morgan fingerprint density at radius 1 is 0.792 bits per heavy atom. The molecule has 0 bridgehead atoms. The highest BCUT2D eigenvalue weighted by atomic mass is 16.5. The summed E-state index contributed by atoms with van der Waals surface area (Å²) >= 11 is 0. The summed E-state index contributed by atoms with van der Waals surface area (Å²) in [5, 5.41) is 3.27. The van der Waals surface area contributed by atoms with Gasteiger partial charge in [0.25, 0.3) is 0 Å². The Kier molecular flexibility index (Phi) is 19.9. The van der Waals surface area contributed by atoms with Gasteiger partial charge >= 0.3 is 11.9 Å². The fourth-order valence-electron chi connectivity index (χ4n) is 7.80. The molecule has 2 fully saturated rings. The predicted octanol–water partition coefficient (Wildman–Crippen LogP) is 9.10. The number of nitrogens with one attached hydrogen (secondary N) is 1. The van der Waals surface area contributed by atoms with Gasteiger partial charge in [-0.2, -0.15) is 0 Å². The summed E-state index contributed by atoms with van der Waals surface area (Å²) < 4.78 is 11.1. The SMILES string of the molecule is CCCCCCCCCCCCCCCCCCOC(=O)[C@@H]1C[C@@H]2CCC[C@@H]2N1C(=O)[C@H](C)N[C@@H](CCc1ccccc1)C(=O)OCC. The van der Waals surface area contributed by atoms with Gasteiger partial charge in [-0.15, -0.1) is 0 Å². The summed E-state index contributed by atoms with van der Waals surface area (Å²) in [6, 6.07) is 8.33. The fraction of sp³-hybridized carbons (Fsp3) is 0.780. The number of likely N-dealkylation sites (tertiary alicyclic amines) is 1. The van der Waals surface area contributed by atoms with Crippen LogP contribution in [-0.2, 0) is 30.3 Å². The van der Waals surface area contributed by atoms with Crippen LogP contribution in [0.15, 0.2) is 30.3 Å². The monoisotopic (exact) mass is 669 g/mol. The van der Waals surface area contributed by atoms with E-state index in [2.05, 4.69) is 12.2 Å². The molecule has 1 saturated carbocycles.